The number of fused-ring (bicyclic) bond motifs is 1. The average Bonchev–Trinajstić information content (AvgIpc) is 2.86. The molecule has 1 atom stereocenters. The summed E-state index contributed by atoms with van der Waals surface area (Å²) < 4.78 is 20.0. The van der Waals surface area contributed by atoms with Crippen LogP contribution in [0.15, 0.2) is 83.7 Å². The smallest absolute Gasteiger partial charge is 0.356 e. The number of aromatic nitrogens is 1. The van der Waals surface area contributed by atoms with E-state index in [0.29, 0.717) is 22.0 Å². The fourth-order valence-corrected chi connectivity index (χ4v) is 3.86. The van der Waals surface area contributed by atoms with Gasteiger partial charge in [0.1, 0.15) is 11.5 Å². The van der Waals surface area contributed by atoms with Gasteiger partial charge in [-0.1, -0.05) is 55.5 Å². The highest BCUT2D eigenvalue weighted by Gasteiger charge is 2.27. The topological polar surface area (TPSA) is 77.4 Å². The number of carbonyl (C=O) groups is 2. The normalized spacial score (nSPS) is 11.7. The summed E-state index contributed by atoms with van der Waals surface area (Å²) in [4.78, 5) is 39.2. The lowest BCUT2D eigenvalue weighted by Crippen LogP contribution is -2.34. The lowest BCUT2D eigenvalue weighted by Gasteiger charge is -2.20. The second-order valence-corrected chi connectivity index (χ2v) is 7.80. The molecule has 4 aromatic rings. The third kappa shape index (κ3) is 4.45. The third-order valence-corrected chi connectivity index (χ3v) is 5.58. The van der Waals surface area contributed by atoms with Gasteiger partial charge in [0.15, 0.2) is 6.10 Å². The molecule has 34 heavy (non-hydrogen) atoms. The molecule has 0 bridgehead atoms. The molecule has 3 aromatic carbocycles. The first-order valence-electron chi connectivity index (χ1n) is 10.8. The predicted molar refractivity (Wildman–Crippen MR) is 129 cm³/mol. The molecule has 0 fully saturated rings. The largest absolute Gasteiger partial charge is 0.448 e. The van der Waals surface area contributed by atoms with E-state index in [1.165, 1.54) is 35.9 Å². The second-order valence-electron chi connectivity index (χ2n) is 7.80. The highest BCUT2D eigenvalue weighted by atomic mass is 19.1. The Morgan fingerprint density at radius 1 is 0.941 bits per heavy atom. The molecule has 1 aromatic heterocycles. The van der Waals surface area contributed by atoms with Gasteiger partial charge in [-0.2, -0.15) is 0 Å². The number of pyridine rings is 1. The number of benzene rings is 3. The summed E-state index contributed by atoms with van der Waals surface area (Å²) in [5, 5.41) is 3.72. The number of halogens is 1. The van der Waals surface area contributed by atoms with Crippen LogP contribution in [0.25, 0.3) is 21.9 Å². The van der Waals surface area contributed by atoms with Crippen molar-refractivity contribution in [3.8, 4) is 11.1 Å². The molecule has 1 amide bonds. The standard InChI is InChI=1S/C27H23FN2O4/c1-3-22(25(31)29-19-15-13-18(28)14-16-19)34-27(33)24-23(17-9-5-4-6-10-17)20-11-7-8-12-21(20)26(32)30(24)2/h4-16,22H,3H2,1-2H3,(H,29,31). The molecule has 0 aliphatic rings. The Bertz CT molecular complexity index is 1410. The number of hydrogen-bond donors (Lipinski definition) is 1. The van der Waals surface area contributed by atoms with E-state index in [1.807, 2.05) is 30.3 Å². The minimum atomic E-state index is -1.11. The molecule has 6 nitrogen and oxygen atoms in total. The summed E-state index contributed by atoms with van der Waals surface area (Å²) >= 11 is 0. The van der Waals surface area contributed by atoms with E-state index >= 15 is 0 Å². The maximum absolute atomic E-state index is 13.4. The van der Waals surface area contributed by atoms with Gasteiger partial charge in [-0.15, -0.1) is 0 Å². The first-order valence-corrected chi connectivity index (χ1v) is 10.8. The van der Waals surface area contributed by atoms with Crippen LogP contribution in [0.5, 0.6) is 0 Å². The summed E-state index contributed by atoms with van der Waals surface area (Å²) in [5.74, 6) is -1.76. The Balaban J connectivity index is 1.74. The van der Waals surface area contributed by atoms with Crippen LogP contribution in [0, 0.1) is 5.82 Å². The van der Waals surface area contributed by atoms with Crippen LogP contribution in [0.4, 0.5) is 10.1 Å². The number of carbonyl (C=O) groups excluding carboxylic acids is 2. The zero-order valence-corrected chi connectivity index (χ0v) is 18.7. The Morgan fingerprint density at radius 3 is 2.21 bits per heavy atom. The number of nitrogens with zero attached hydrogens (tertiary/aromatic N) is 1. The van der Waals surface area contributed by atoms with Crippen LogP contribution in [0.3, 0.4) is 0 Å². The zero-order chi connectivity index (χ0) is 24.2. The summed E-state index contributed by atoms with van der Waals surface area (Å²) in [6.45, 7) is 1.71. The molecular weight excluding hydrogens is 435 g/mol. The Kier molecular flexibility index (Phi) is 6.54. The van der Waals surface area contributed by atoms with Crippen LogP contribution < -0.4 is 10.9 Å². The van der Waals surface area contributed by atoms with Gasteiger partial charge in [0.2, 0.25) is 0 Å². The number of amides is 1. The van der Waals surface area contributed by atoms with Gasteiger partial charge in [-0.3, -0.25) is 9.59 Å². The van der Waals surface area contributed by atoms with Gasteiger partial charge in [-0.05, 0) is 47.7 Å². The van der Waals surface area contributed by atoms with Crippen LogP contribution in [0.2, 0.25) is 0 Å². The van der Waals surface area contributed by atoms with Gasteiger partial charge in [-0.25, -0.2) is 9.18 Å². The SMILES string of the molecule is CCC(OC(=O)c1c(-c2ccccc2)c2ccccc2c(=O)n1C)C(=O)Nc1ccc(F)cc1. The van der Waals surface area contributed by atoms with E-state index in [-0.39, 0.29) is 17.7 Å². The van der Waals surface area contributed by atoms with Gasteiger partial charge >= 0.3 is 5.97 Å². The molecule has 1 heterocycles. The highest BCUT2D eigenvalue weighted by molar-refractivity contribution is 6.07. The summed E-state index contributed by atoms with van der Waals surface area (Å²) in [6, 6.07) is 21.6. The molecule has 172 valence electrons. The molecule has 4 rings (SSSR count). The number of esters is 1. The van der Waals surface area contributed by atoms with E-state index in [2.05, 4.69) is 5.32 Å². The molecule has 0 aliphatic heterocycles. The number of hydrogen-bond acceptors (Lipinski definition) is 4. The summed E-state index contributed by atoms with van der Waals surface area (Å²) in [6.07, 6.45) is -0.899. The van der Waals surface area contributed by atoms with Gasteiger partial charge < -0.3 is 14.6 Å². The lowest BCUT2D eigenvalue weighted by molar-refractivity contribution is -0.124. The van der Waals surface area contributed by atoms with Crippen molar-refractivity contribution in [3.05, 3.63) is 101 Å². The Hall–Kier alpha value is -4.26. The van der Waals surface area contributed by atoms with Crippen molar-refractivity contribution in [2.75, 3.05) is 5.32 Å². The highest BCUT2D eigenvalue weighted by Crippen LogP contribution is 2.31. The first-order chi connectivity index (χ1) is 16.4. The van der Waals surface area contributed by atoms with Crippen LogP contribution in [0.1, 0.15) is 23.8 Å². The quantitative estimate of drug-likeness (QED) is 0.416. The van der Waals surface area contributed by atoms with Gasteiger partial charge in [0, 0.05) is 23.7 Å². The van der Waals surface area contributed by atoms with Crippen molar-refractivity contribution in [1.82, 2.24) is 4.57 Å². The van der Waals surface area contributed by atoms with Crippen molar-refractivity contribution >= 4 is 28.3 Å². The number of ether oxygens (including phenoxy) is 1. The Morgan fingerprint density at radius 2 is 1.56 bits per heavy atom. The molecule has 7 heteroatoms. The third-order valence-electron chi connectivity index (χ3n) is 5.58. The van der Waals surface area contributed by atoms with E-state index in [4.69, 9.17) is 4.74 Å². The Labute approximate surface area is 195 Å². The fraction of sp³-hybridized carbons (Fsp3) is 0.148. The minimum Gasteiger partial charge on any atom is -0.448 e. The van der Waals surface area contributed by atoms with Gasteiger partial charge in [0.05, 0.1) is 0 Å². The fourth-order valence-electron chi connectivity index (χ4n) is 3.86. The molecule has 1 N–H and O–H groups in total. The summed E-state index contributed by atoms with van der Waals surface area (Å²) in [5.41, 5.74) is 1.39. The average molecular weight is 458 g/mol. The maximum atomic E-state index is 13.4. The second kappa shape index (κ2) is 9.70. The van der Waals surface area contributed by atoms with Crippen molar-refractivity contribution in [1.29, 1.82) is 0 Å². The van der Waals surface area contributed by atoms with E-state index in [9.17, 15) is 18.8 Å². The molecular formula is C27H23FN2O4. The molecule has 0 radical (unpaired) electrons. The molecule has 0 spiro atoms. The van der Waals surface area contributed by atoms with Crippen molar-refractivity contribution < 1.29 is 18.7 Å². The van der Waals surface area contributed by atoms with Crippen LogP contribution >= 0.6 is 0 Å². The van der Waals surface area contributed by atoms with Gasteiger partial charge in [0.25, 0.3) is 11.5 Å². The molecule has 0 saturated carbocycles. The number of anilines is 1. The maximum Gasteiger partial charge on any atom is 0.356 e. The van der Waals surface area contributed by atoms with Crippen molar-refractivity contribution in [3.63, 3.8) is 0 Å². The first kappa shape index (κ1) is 22.9. The van der Waals surface area contributed by atoms with E-state index < -0.39 is 23.8 Å². The number of rotatable bonds is 6. The summed E-state index contributed by atoms with van der Waals surface area (Å²) in [7, 11) is 1.51. The number of nitrogens with one attached hydrogen (secondary N) is 1. The molecule has 1 unspecified atom stereocenters. The predicted octanol–water partition coefficient (Wildman–Crippen LogP) is 4.92. The molecule has 0 aliphatic carbocycles. The lowest BCUT2D eigenvalue weighted by atomic mass is 9.97. The van der Waals surface area contributed by atoms with Crippen LogP contribution in [-0.4, -0.2) is 22.5 Å². The minimum absolute atomic E-state index is 0.0583. The van der Waals surface area contributed by atoms with E-state index in [0.717, 1.165) is 5.56 Å². The van der Waals surface area contributed by atoms with Crippen molar-refractivity contribution in [2.24, 2.45) is 7.05 Å². The van der Waals surface area contributed by atoms with Crippen molar-refractivity contribution in [2.45, 2.75) is 19.4 Å². The van der Waals surface area contributed by atoms with E-state index in [1.54, 1.807) is 31.2 Å². The van der Waals surface area contributed by atoms with Crippen LogP contribution in [-0.2, 0) is 16.6 Å². The monoisotopic (exact) mass is 458 g/mol. The zero-order valence-electron chi connectivity index (χ0n) is 18.7. The molecule has 0 saturated heterocycles.